The first kappa shape index (κ1) is 10.6. The second-order valence-corrected chi connectivity index (χ2v) is 4.24. The van der Waals surface area contributed by atoms with Gasteiger partial charge in [-0.15, -0.1) is 0 Å². The summed E-state index contributed by atoms with van der Waals surface area (Å²) < 4.78 is 7.75. The van der Waals surface area contributed by atoms with Gasteiger partial charge in [0, 0.05) is 7.05 Å². The van der Waals surface area contributed by atoms with E-state index in [0.29, 0.717) is 12.7 Å². The lowest BCUT2D eigenvalue weighted by Crippen LogP contribution is -2.24. The van der Waals surface area contributed by atoms with Crippen molar-refractivity contribution in [3.63, 3.8) is 0 Å². The number of aromatic nitrogens is 2. The molecule has 0 bridgehead atoms. The molecule has 1 fully saturated rings. The molecule has 0 unspecified atom stereocenters. The lowest BCUT2D eigenvalue weighted by molar-refractivity contribution is -0.0136. The lowest BCUT2D eigenvalue weighted by atomic mass is 9.95. The highest BCUT2D eigenvalue weighted by atomic mass is 16.5. The molecule has 0 spiro atoms. The summed E-state index contributed by atoms with van der Waals surface area (Å²) in [6.45, 7) is 0.622. The van der Waals surface area contributed by atoms with E-state index in [4.69, 9.17) is 4.74 Å². The van der Waals surface area contributed by atoms with Crippen molar-refractivity contribution < 1.29 is 9.84 Å². The smallest absolute Gasteiger partial charge is 0.0946 e. The Labute approximate surface area is 89.9 Å². The highest BCUT2D eigenvalue weighted by Gasteiger charge is 2.19. The first-order valence-corrected chi connectivity index (χ1v) is 5.50. The van der Waals surface area contributed by atoms with E-state index in [1.54, 1.807) is 6.33 Å². The first-order valence-electron chi connectivity index (χ1n) is 5.50. The van der Waals surface area contributed by atoms with E-state index in [2.05, 4.69) is 4.98 Å². The maximum absolute atomic E-state index is 9.35. The number of hydrogen-bond donors (Lipinski definition) is 1. The largest absolute Gasteiger partial charge is 0.393 e. The van der Waals surface area contributed by atoms with Crippen molar-refractivity contribution in [2.24, 2.45) is 7.05 Å². The van der Waals surface area contributed by atoms with E-state index in [-0.39, 0.29) is 6.10 Å². The Bertz CT molecular complexity index is 303. The number of nitrogens with zero attached hydrogens (tertiary/aromatic N) is 2. The van der Waals surface area contributed by atoms with Crippen molar-refractivity contribution in [1.82, 2.24) is 9.55 Å². The molecule has 84 valence electrons. The van der Waals surface area contributed by atoms with Gasteiger partial charge in [0.2, 0.25) is 0 Å². The lowest BCUT2D eigenvalue weighted by Gasteiger charge is -2.25. The molecule has 2 rings (SSSR count). The standard InChI is InChI=1S/C11H18N2O2/c1-13-8-12-6-9(13)7-15-11-4-2-10(14)3-5-11/h6,8,10-11,14H,2-5,7H2,1H3. The maximum Gasteiger partial charge on any atom is 0.0946 e. The molecule has 0 atom stereocenters. The third kappa shape index (κ3) is 2.79. The second-order valence-electron chi connectivity index (χ2n) is 4.24. The van der Waals surface area contributed by atoms with Gasteiger partial charge in [0.25, 0.3) is 0 Å². The van der Waals surface area contributed by atoms with E-state index in [0.717, 1.165) is 31.4 Å². The number of aliphatic hydroxyl groups excluding tert-OH is 1. The zero-order chi connectivity index (χ0) is 10.7. The molecule has 1 heterocycles. The summed E-state index contributed by atoms with van der Waals surface area (Å²) >= 11 is 0. The zero-order valence-electron chi connectivity index (χ0n) is 9.09. The van der Waals surface area contributed by atoms with Crippen LogP contribution in [0.2, 0.25) is 0 Å². The van der Waals surface area contributed by atoms with Crippen molar-refractivity contribution in [3.05, 3.63) is 18.2 Å². The third-order valence-corrected chi connectivity index (χ3v) is 3.03. The fourth-order valence-electron chi connectivity index (χ4n) is 1.94. The van der Waals surface area contributed by atoms with Gasteiger partial charge in [0.1, 0.15) is 0 Å². The molecule has 0 aliphatic heterocycles. The molecule has 1 N–H and O–H groups in total. The van der Waals surface area contributed by atoms with Crippen molar-refractivity contribution >= 4 is 0 Å². The summed E-state index contributed by atoms with van der Waals surface area (Å²) in [6, 6.07) is 0. The van der Waals surface area contributed by atoms with Crippen LogP contribution in [0.25, 0.3) is 0 Å². The Morgan fingerprint density at radius 1 is 1.47 bits per heavy atom. The number of imidazole rings is 1. The maximum atomic E-state index is 9.35. The highest BCUT2D eigenvalue weighted by Crippen LogP contribution is 2.21. The number of rotatable bonds is 3. The van der Waals surface area contributed by atoms with Crippen molar-refractivity contribution in [2.75, 3.05) is 0 Å². The first-order chi connectivity index (χ1) is 7.25. The van der Waals surface area contributed by atoms with Crippen LogP contribution in [0.5, 0.6) is 0 Å². The number of hydrogen-bond acceptors (Lipinski definition) is 3. The second kappa shape index (κ2) is 4.77. The molecular weight excluding hydrogens is 192 g/mol. The summed E-state index contributed by atoms with van der Waals surface area (Å²) in [6.07, 6.45) is 7.50. The van der Waals surface area contributed by atoms with Gasteiger partial charge in [0.15, 0.2) is 0 Å². The summed E-state index contributed by atoms with van der Waals surface area (Å²) in [5.41, 5.74) is 1.10. The molecule has 1 saturated carbocycles. The van der Waals surface area contributed by atoms with Gasteiger partial charge < -0.3 is 14.4 Å². The molecule has 0 amide bonds. The van der Waals surface area contributed by atoms with E-state index in [1.807, 2.05) is 17.8 Å². The van der Waals surface area contributed by atoms with Crippen LogP contribution in [-0.2, 0) is 18.4 Å². The monoisotopic (exact) mass is 210 g/mol. The number of aryl methyl sites for hydroxylation is 1. The van der Waals surface area contributed by atoms with E-state index >= 15 is 0 Å². The van der Waals surface area contributed by atoms with Gasteiger partial charge >= 0.3 is 0 Å². The molecule has 4 nitrogen and oxygen atoms in total. The quantitative estimate of drug-likeness (QED) is 0.816. The van der Waals surface area contributed by atoms with Crippen LogP contribution in [0, 0.1) is 0 Å². The molecule has 4 heteroatoms. The predicted molar refractivity (Wildman–Crippen MR) is 56.3 cm³/mol. The Hall–Kier alpha value is -0.870. The summed E-state index contributed by atoms with van der Waals surface area (Å²) in [5, 5.41) is 9.35. The van der Waals surface area contributed by atoms with Crippen molar-refractivity contribution in [2.45, 2.75) is 44.5 Å². The van der Waals surface area contributed by atoms with Gasteiger partial charge in [-0.05, 0) is 25.7 Å². The molecule has 1 aromatic rings. The minimum absolute atomic E-state index is 0.110. The van der Waals surface area contributed by atoms with Crippen LogP contribution in [-0.4, -0.2) is 26.9 Å². The van der Waals surface area contributed by atoms with E-state index < -0.39 is 0 Å². The Morgan fingerprint density at radius 3 is 2.80 bits per heavy atom. The number of ether oxygens (including phenoxy) is 1. The van der Waals surface area contributed by atoms with Crippen LogP contribution in [0.4, 0.5) is 0 Å². The van der Waals surface area contributed by atoms with Gasteiger partial charge in [-0.1, -0.05) is 0 Å². The topological polar surface area (TPSA) is 47.3 Å². The fraction of sp³-hybridized carbons (Fsp3) is 0.727. The van der Waals surface area contributed by atoms with Crippen LogP contribution in [0.15, 0.2) is 12.5 Å². The molecule has 0 radical (unpaired) electrons. The molecular formula is C11H18N2O2. The van der Waals surface area contributed by atoms with Crippen LogP contribution in [0.1, 0.15) is 31.4 Å². The summed E-state index contributed by atoms with van der Waals surface area (Å²) in [5.74, 6) is 0. The zero-order valence-corrected chi connectivity index (χ0v) is 9.09. The minimum atomic E-state index is -0.110. The van der Waals surface area contributed by atoms with Crippen molar-refractivity contribution in [3.8, 4) is 0 Å². The SMILES string of the molecule is Cn1cncc1COC1CCC(O)CC1. The fourth-order valence-corrected chi connectivity index (χ4v) is 1.94. The molecule has 1 aliphatic rings. The molecule has 15 heavy (non-hydrogen) atoms. The van der Waals surface area contributed by atoms with Gasteiger partial charge in [-0.25, -0.2) is 4.98 Å². The van der Waals surface area contributed by atoms with E-state index in [1.165, 1.54) is 0 Å². The average molecular weight is 210 g/mol. The summed E-state index contributed by atoms with van der Waals surface area (Å²) in [7, 11) is 1.97. The Balaban J connectivity index is 1.77. The van der Waals surface area contributed by atoms with Gasteiger partial charge in [-0.2, -0.15) is 0 Å². The highest BCUT2D eigenvalue weighted by molar-refractivity contribution is 4.95. The molecule has 1 aromatic heterocycles. The number of aliphatic hydroxyl groups is 1. The normalized spacial score (nSPS) is 26.8. The van der Waals surface area contributed by atoms with Crippen LogP contribution in [0.3, 0.4) is 0 Å². The average Bonchev–Trinajstić information content (AvgIpc) is 2.63. The summed E-state index contributed by atoms with van der Waals surface area (Å²) in [4.78, 5) is 4.04. The van der Waals surface area contributed by atoms with Crippen molar-refractivity contribution in [1.29, 1.82) is 0 Å². The third-order valence-electron chi connectivity index (χ3n) is 3.03. The van der Waals surface area contributed by atoms with Gasteiger partial charge in [-0.3, -0.25) is 0 Å². The van der Waals surface area contributed by atoms with Crippen LogP contribution < -0.4 is 0 Å². The van der Waals surface area contributed by atoms with E-state index in [9.17, 15) is 5.11 Å². The Kier molecular flexibility index (Phi) is 3.38. The Morgan fingerprint density at radius 2 is 2.20 bits per heavy atom. The molecule has 0 saturated heterocycles. The molecule has 1 aliphatic carbocycles. The van der Waals surface area contributed by atoms with Gasteiger partial charge in [0.05, 0.1) is 37.0 Å². The van der Waals surface area contributed by atoms with Crippen LogP contribution >= 0.6 is 0 Å². The predicted octanol–water partition coefficient (Wildman–Crippen LogP) is 1.24. The molecule has 0 aromatic carbocycles. The minimum Gasteiger partial charge on any atom is -0.393 e.